The second kappa shape index (κ2) is 10.3. The van der Waals surface area contributed by atoms with Crippen molar-refractivity contribution in [3.05, 3.63) is 59.7 Å². The Balaban J connectivity index is 1.37. The Morgan fingerprint density at radius 1 is 1.06 bits per heavy atom. The Hall–Kier alpha value is -3.00. The lowest BCUT2D eigenvalue weighted by atomic mass is 9.92. The number of carboxylic acids is 1. The molecule has 8 heteroatoms. The molecule has 3 N–H and O–H groups in total. The van der Waals surface area contributed by atoms with Crippen molar-refractivity contribution in [3.8, 4) is 11.1 Å². The van der Waals surface area contributed by atoms with Crippen LogP contribution < -0.4 is 10.6 Å². The maximum Gasteiger partial charge on any atom is 0.407 e. The van der Waals surface area contributed by atoms with E-state index < -0.39 is 18.1 Å². The number of amides is 2. The van der Waals surface area contributed by atoms with Crippen LogP contribution in [-0.4, -0.2) is 53.3 Å². The number of nitrogens with one attached hydrogen (secondary N) is 2. The van der Waals surface area contributed by atoms with Gasteiger partial charge in [0.2, 0.25) is 5.91 Å². The average molecular weight is 469 g/mol. The van der Waals surface area contributed by atoms with Crippen molar-refractivity contribution in [2.75, 3.05) is 12.9 Å². The summed E-state index contributed by atoms with van der Waals surface area (Å²) in [5, 5.41) is 15.1. The summed E-state index contributed by atoms with van der Waals surface area (Å²) >= 11 is 1.77. The monoisotopic (exact) mass is 468 g/mol. The molecule has 0 saturated heterocycles. The van der Waals surface area contributed by atoms with Crippen molar-refractivity contribution in [1.29, 1.82) is 0 Å². The van der Waals surface area contributed by atoms with Crippen LogP contribution in [0.3, 0.4) is 0 Å². The zero-order valence-electron chi connectivity index (χ0n) is 18.5. The predicted octanol–water partition coefficient (Wildman–Crippen LogP) is 3.77. The molecule has 2 aromatic carbocycles. The Kier molecular flexibility index (Phi) is 7.23. The smallest absolute Gasteiger partial charge is 0.407 e. The second-order valence-corrected chi connectivity index (χ2v) is 9.63. The van der Waals surface area contributed by atoms with E-state index >= 15 is 0 Å². The number of hydrogen-bond donors (Lipinski definition) is 3. The van der Waals surface area contributed by atoms with Crippen LogP contribution in [0, 0.1) is 0 Å². The third kappa shape index (κ3) is 5.33. The van der Waals surface area contributed by atoms with E-state index in [1.165, 1.54) is 0 Å². The Morgan fingerprint density at radius 2 is 1.67 bits per heavy atom. The number of rotatable bonds is 9. The molecule has 0 spiro atoms. The number of fused-ring (bicyclic) bond motifs is 3. The number of benzene rings is 2. The molecule has 1 atom stereocenters. The van der Waals surface area contributed by atoms with Gasteiger partial charge in [0, 0.05) is 23.6 Å². The first-order chi connectivity index (χ1) is 16.0. The fourth-order valence-electron chi connectivity index (χ4n) is 4.50. The summed E-state index contributed by atoms with van der Waals surface area (Å²) < 4.78 is 5.53. The van der Waals surface area contributed by atoms with E-state index in [-0.39, 0.29) is 37.3 Å². The summed E-state index contributed by atoms with van der Waals surface area (Å²) in [6, 6.07) is 15.2. The van der Waals surface area contributed by atoms with Gasteiger partial charge >= 0.3 is 12.1 Å². The van der Waals surface area contributed by atoms with Crippen LogP contribution in [0.2, 0.25) is 0 Å². The van der Waals surface area contributed by atoms with E-state index in [2.05, 4.69) is 22.8 Å². The standard InChI is InChI=1S/C25H28N2O5S/c1-33-16-12-15(13-16)26-24(30)22(10-11-23(28)29)27-25(31)32-14-21-19-8-4-2-6-17(19)18-7-3-5-9-20(18)21/h2-9,15-16,21-22H,10-14H2,1H3,(H,26,30)(H,27,31)(H,28,29). The maximum atomic E-state index is 12.7. The number of carbonyl (C=O) groups excluding carboxylic acids is 2. The Labute approximate surface area is 197 Å². The van der Waals surface area contributed by atoms with E-state index in [1.54, 1.807) is 11.8 Å². The zero-order chi connectivity index (χ0) is 23.4. The van der Waals surface area contributed by atoms with Gasteiger partial charge in [0.15, 0.2) is 0 Å². The highest BCUT2D eigenvalue weighted by atomic mass is 32.2. The minimum Gasteiger partial charge on any atom is -0.481 e. The van der Waals surface area contributed by atoms with Crippen LogP contribution in [-0.2, 0) is 14.3 Å². The summed E-state index contributed by atoms with van der Waals surface area (Å²) in [4.78, 5) is 36.3. The van der Waals surface area contributed by atoms with Gasteiger partial charge < -0.3 is 20.5 Å². The first kappa shape index (κ1) is 23.2. The summed E-state index contributed by atoms with van der Waals surface area (Å²) in [5.41, 5.74) is 4.45. The minimum absolute atomic E-state index is 0.00401. The molecule has 1 fully saturated rings. The number of alkyl carbamates (subject to hydrolysis) is 1. The molecule has 2 aromatic rings. The minimum atomic E-state index is -1.02. The summed E-state index contributed by atoms with van der Waals surface area (Å²) in [7, 11) is 0. The average Bonchev–Trinajstić information content (AvgIpc) is 3.10. The van der Waals surface area contributed by atoms with E-state index in [4.69, 9.17) is 9.84 Å². The van der Waals surface area contributed by atoms with Crippen molar-refractivity contribution in [1.82, 2.24) is 10.6 Å². The van der Waals surface area contributed by atoms with Crippen molar-refractivity contribution in [2.24, 2.45) is 0 Å². The Morgan fingerprint density at radius 3 is 2.24 bits per heavy atom. The lowest BCUT2D eigenvalue weighted by Crippen LogP contribution is -2.53. The van der Waals surface area contributed by atoms with Gasteiger partial charge in [-0.15, -0.1) is 0 Å². The van der Waals surface area contributed by atoms with Gasteiger partial charge in [-0.25, -0.2) is 4.79 Å². The van der Waals surface area contributed by atoms with Crippen LogP contribution in [0.4, 0.5) is 4.79 Å². The molecule has 0 bridgehead atoms. The largest absolute Gasteiger partial charge is 0.481 e. The molecular weight excluding hydrogens is 440 g/mol. The van der Waals surface area contributed by atoms with Crippen molar-refractivity contribution >= 4 is 29.7 Å². The Bertz CT molecular complexity index is 991. The fourth-order valence-corrected chi connectivity index (χ4v) is 5.35. The maximum absolute atomic E-state index is 12.7. The molecule has 0 radical (unpaired) electrons. The fraction of sp³-hybridized carbons (Fsp3) is 0.400. The molecule has 174 valence electrons. The summed E-state index contributed by atoms with van der Waals surface area (Å²) in [6.45, 7) is 0.130. The SMILES string of the molecule is CSC1CC(NC(=O)C(CCC(=O)O)NC(=O)OCC2c3ccccc3-c3ccccc32)C1. The van der Waals surface area contributed by atoms with Gasteiger partial charge in [0.25, 0.3) is 0 Å². The van der Waals surface area contributed by atoms with Gasteiger partial charge in [-0.2, -0.15) is 11.8 Å². The molecule has 0 aliphatic heterocycles. The molecule has 0 heterocycles. The number of thioether (sulfide) groups is 1. The topological polar surface area (TPSA) is 105 Å². The molecule has 4 rings (SSSR count). The number of carbonyl (C=O) groups is 3. The van der Waals surface area contributed by atoms with Crippen molar-refractivity contribution in [3.63, 3.8) is 0 Å². The molecule has 0 aromatic heterocycles. The number of carboxylic acid groups (broad SMARTS) is 1. The van der Waals surface area contributed by atoms with Crippen LogP contribution in [0.1, 0.15) is 42.7 Å². The number of ether oxygens (including phenoxy) is 1. The van der Waals surface area contributed by atoms with E-state index in [9.17, 15) is 14.4 Å². The first-order valence-corrected chi connectivity index (χ1v) is 12.4. The van der Waals surface area contributed by atoms with Crippen LogP contribution in [0.15, 0.2) is 48.5 Å². The van der Waals surface area contributed by atoms with Gasteiger partial charge in [-0.05, 0) is 47.8 Å². The third-order valence-electron chi connectivity index (χ3n) is 6.37. The summed E-state index contributed by atoms with van der Waals surface area (Å²) in [6.07, 6.45) is 2.85. The molecule has 1 unspecified atom stereocenters. The zero-order valence-corrected chi connectivity index (χ0v) is 19.3. The van der Waals surface area contributed by atoms with Gasteiger partial charge in [-0.1, -0.05) is 48.5 Å². The number of hydrogen-bond acceptors (Lipinski definition) is 5. The highest BCUT2D eigenvalue weighted by Crippen LogP contribution is 2.44. The summed E-state index contributed by atoms with van der Waals surface area (Å²) in [5.74, 6) is -1.48. The lowest BCUT2D eigenvalue weighted by Gasteiger charge is -2.35. The first-order valence-electron chi connectivity index (χ1n) is 11.1. The van der Waals surface area contributed by atoms with E-state index in [0.717, 1.165) is 35.1 Å². The molecule has 7 nitrogen and oxygen atoms in total. The van der Waals surface area contributed by atoms with Gasteiger partial charge in [0.05, 0.1) is 0 Å². The van der Waals surface area contributed by atoms with Crippen LogP contribution >= 0.6 is 11.8 Å². The van der Waals surface area contributed by atoms with Gasteiger partial charge in [-0.3, -0.25) is 9.59 Å². The van der Waals surface area contributed by atoms with Crippen molar-refractivity contribution in [2.45, 2.75) is 48.9 Å². The quantitative estimate of drug-likeness (QED) is 0.518. The normalized spacial score (nSPS) is 19.5. The van der Waals surface area contributed by atoms with Crippen LogP contribution in [0.5, 0.6) is 0 Å². The second-order valence-electron chi connectivity index (χ2n) is 8.49. The number of aliphatic carboxylic acids is 1. The third-order valence-corrected chi connectivity index (χ3v) is 7.43. The van der Waals surface area contributed by atoms with E-state index in [0.29, 0.717) is 5.25 Å². The van der Waals surface area contributed by atoms with E-state index in [1.807, 2.05) is 42.7 Å². The molecule has 2 aliphatic rings. The molecule has 2 aliphatic carbocycles. The molecule has 1 saturated carbocycles. The highest BCUT2D eigenvalue weighted by Gasteiger charge is 2.33. The lowest BCUT2D eigenvalue weighted by molar-refractivity contribution is -0.137. The molecular formula is C25H28N2O5S. The predicted molar refractivity (Wildman–Crippen MR) is 127 cm³/mol. The molecule has 33 heavy (non-hydrogen) atoms. The molecule has 2 amide bonds. The van der Waals surface area contributed by atoms with Gasteiger partial charge in [0.1, 0.15) is 12.6 Å². The van der Waals surface area contributed by atoms with Crippen molar-refractivity contribution < 1.29 is 24.2 Å². The van der Waals surface area contributed by atoms with Crippen LogP contribution in [0.25, 0.3) is 11.1 Å². The highest BCUT2D eigenvalue weighted by molar-refractivity contribution is 7.99.